The molecule has 1 saturated carbocycles. The van der Waals surface area contributed by atoms with Crippen molar-refractivity contribution in [1.82, 2.24) is 4.57 Å². The van der Waals surface area contributed by atoms with Gasteiger partial charge in [0.25, 0.3) is 0 Å². The van der Waals surface area contributed by atoms with Crippen LogP contribution in [0.2, 0.25) is 0 Å². The SMILES string of the molecule is CCn1cc(C(=O)O)c(=O)c2c(N)c(F)c(C3CC3N)c(F)c21. The first-order valence-electron chi connectivity index (χ1n) is 7.11. The van der Waals surface area contributed by atoms with E-state index in [4.69, 9.17) is 16.6 Å². The highest BCUT2D eigenvalue weighted by atomic mass is 19.1. The predicted molar refractivity (Wildman–Crippen MR) is 80.5 cm³/mol. The Hall–Kier alpha value is -2.48. The van der Waals surface area contributed by atoms with Gasteiger partial charge in [-0.25, -0.2) is 13.6 Å². The smallest absolute Gasteiger partial charge is 0.341 e. The molecule has 0 aliphatic heterocycles. The highest BCUT2D eigenvalue weighted by molar-refractivity contribution is 5.98. The zero-order valence-electron chi connectivity index (χ0n) is 12.3. The van der Waals surface area contributed by atoms with Crippen molar-refractivity contribution in [2.24, 2.45) is 5.73 Å². The number of aryl methyl sites for hydroxylation is 1. The van der Waals surface area contributed by atoms with Crippen LogP contribution >= 0.6 is 0 Å². The van der Waals surface area contributed by atoms with Crippen LogP contribution in [0.1, 0.15) is 35.2 Å². The van der Waals surface area contributed by atoms with Crippen molar-refractivity contribution < 1.29 is 18.7 Å². The van der Waals surface area contributed by atoms with Crippen LogP contribution in [0, 0.1) is 11.6 Å². The molecule has 5 N–H and O–H groups in total. The summed E-state index contributed by atoms with van der Waals surface area (Å²) < 4.78 is 30.6. The minimum absolute atomic E-state index is 0.185. The molecule has 0 radical (unpaired) electrons. The molecule has 0 amide bonds. The summed E-state index contributed by atoms with van der Waals surface area (Å²) >= 11 is 0. The first kappa shape index (κ1) is 15.4. The van der Waals surface area contributed by atoms with Crippen LogP contribution in [0.5, 0.6) is 0 Å². The Labute approximate surface area is 129 Å². The molecule has 1 aliphatic carbocycles. The van der Waals surface area contributed by atoms with Crippen molar-refractivity contribution in [2.75, 3.05) is 5.73 Å². The number of benzene rings is 1. The molecule has 6 nitrogen and oxygen atoms in total. The number of carbonyl (C=O) groups is 1. The number of nitrogen functional groups attached to an aromatic ring is 1. The van der Waals surface area contributed by atoms with Crippen molar-refractivity contribution in [3.05, 3.63) is 39.2 Å². The van der Waals surface area contributed by atoms with Gasteiger partial charge in [-0.1, -0.05) is 0 Å². The first-order chi connectivity index (χ1) is 10.8. The third-order valence-electron chi connectivity index (χ3n) is 4.25. The van der Waals surface area contributed by atoms with Gasteiger partial charge >= 0.3 is 5.97 Å². The number of nitrogens with two attached hydrogens (primary N) is 2. The number of rotatable bonds is 3. The Bertz CT molecular complexity index is 907. The number of aromatic nitrogens is 1. The number of nitrogens with zero attached hydrogens (tertiary/aromatic N) is 1. The van der Waals surface area contributed by atoms with E-state index in [9.17, 15) is 18.4 Å². The molecule has 2 atom stereocenters. The molecule has 23 heavy (non-hydrogen) atoms. The molecule has 3 rings (SSSR count). The van der Waals surface area contributed by atoms with Crippen LogP contribution < -0.4 is 16.9 Å². The van der Waals surface area contributed by atoms with E-state index in [2.05, 4.69) is 0 Å². The summed E-state index contributed by atoms with van der Waals surface area (Å²) in [5.74, 6) is -3.90. The lowest BCUT2D eigenvalue weighted by Gasteiger charge is -2.16. The van der Waals surface area contributed by atoms with Crippen LogP contribution in [0.25, 0.3) is 10.9 Å². The number of carboxylic acids is 1. The topological polar surface area (TPSA) is 111 Å². The molecule has 1 aromatic carbocycles. The fraction of sp³-hybridized carbons (Fsp3) is 0.333. The van der Waals surface area contributed by atoms with Gasteiger partial charge in [0, 0.05) is 30.3 Å². The molecule has 122 valence electrons. The van der Waals surface area contributed by atoms with Crippen LogP contribution in [-0.4, -0.2) is 21.7 Å². The maximum atomic E-state index is 14.9. The minimum atomic E-state index is -1.48. The standard InChI is InChI=1S/C15H15F2N3O3/c1-2-20-4-6(15(22)23)14(21)9-12(19)10(16)8(5-3-7(5)18)11(17)13(9)20/h4-5,7H,2-3,18-19H2,1H3,(H,22,23). The largest absolute Gasteiger partial charge is 0.477 e. The summed E-state index contributed by atoms with van der Waals surface area (Å²) in [5, 5.41) is 8.66. The van der Waals surface area contributed by atoms with Crippen LogP contribution in [0.4, 0.5) is 14.5 Å². The lowest BCUT2D eigenvalue weighted by molar-refractivity contribution is 0.0695. The van der Waals surface area contributed by atoms with E-state index >= 15 is 0 Å². The molecule has 0 spiro atoms. The molecule has 2 unspecified atom stereocenters. The Morgan fingerprint density at radius 3 is 2.52 bits per heavy atom. The van der Waals surface area contributed by atoms with Crippen molar-refractivity contribution in [1.29, 1.82) is 0 Å². The van der Waals surface area contributed by atoms with Crippen LogP contribution in [0.15, 0.2) is 11.0 Å². The third kappa shape index (κ3) is 2.09. The molecule has 1 fully saturated rings. The lowest BCUT2D eigenvalue weighted by atomic mass is 10.0. The normalized spacial score (nSPS) is 20.0. The molecule has 0 bridgehead atoms. The molecule has 1 heterocycles. The number of halogens is 2. The molecule has 2 aromatic rings. The van der Waals surface area contributed by atoms with Gasteiger partial charge < -0.3 is 21.1 Å². The number of hydrogen-bond acceptors (Lipinski definition) is 4. The molecule has 1 aromatic heterocycles. The van der Waals surface area contributed by atoms with Crippen molar-refractivity contribution >= 4 is 22.6 Å². The summed E-state index contributed by atoms with van der Waals surface area (Å²) in [4.78, 5) is 23.5. The number of aromatic carboxylic acids is 1. The highest BCUT2D eigenvalue weighted by Gasteiger charge is 2.41. The first-order valence-corrected chi connectivity index (χ1v) is 7.11. The summed E-state index contributed by atoms with van der Waals surface area (Å²) in [6, 6.07) is -0.351. The highest BCUT2D eigenvalue weighted by Crippen LogP contribution is 2.44. The average Bonchev–Trinajstić information content (AvgIpc) is 3.20. The van der Waals surface area contributed by atoms with E-state index in [-0.39, 0.29) is 23.7 Å². The average molecular weight is 323 g/mol. The van der Waals surface area contributed by atoms with Gasteiger partial charge in [0.1, 0.15) is 5.56 Å². The molecular weight excluding hydrogens is 308 g/mol. The van der Waals surface area contributed by atoms with Gasteiger partial charge in [-0.2, -0.15) is 0 Å². The maximum absolute atomic E-state index is 14.9. The second-order valence-corrected chi connectivity index (χ2v) is 5.65. The number of hydrogen-bond donors (Lipinski definition) is 3. The van der Waals surface area contributed by atoms with Gasteiger partial charge in [-0.3, -0.25) is 4.79 Å². The Balaban J connectivity index is 2.51. The Kier molecular flexibility index (Phi) is 3.36. The second-order valence-electron chi connectivity index (χ2n) is 5.65. The Morgan fingerprint density at radius 1 is 1.43 bits per heavy atom. The fourth-order valence-electron chi connectivity index (χ4n) is 2.90. The number of anilines is 1. The van der Waals surface area contributed by atoms with E-state index in [1.807, 2.05) is 0 Å². The quantitative estimate of drug-likeness (QED) is 0.739. The molecule has 0 saturated heterocycles. The van der Waals surface area contributed by atoms with Gasteiger partial charge in [-0.05, 0) is 13.3 Å². The zero-order chi connectivity index (χ0) is 17.0. The maximum Gasteiger partial charge on any atom is 0.341 e. The van der Waals surface area contributed by atoms with E-state index in [0.717, 1.165) is 6.20 Å². The fourth-order valence-corrected chi connectivity index (χ4v) is 2.90. The van der Waals surface area contributed by atoms with Gasteiger partial charge in [0.2, 0.25) is 5.43 Å². The van der Waals surface area contributed by atoms with Gasteiger partial charge in [-0.15, -0.1) is 0 Å². The van der Waals surface area contributed by atoms with Crippen molar-refractivity contribution in [2.45, 2.75) is 31.8 Å². The summed E-state index contributed by atoms with van der Waals surface area (Å²) in [6.07, 6.45) is 1.48. The lowest BCUT2D eigenvalue weighted by Crippen LogP contribution is -2.22. The van der Waals surface area contributed by atoms with E-state index in [0.29, 0.717) is 6.42 Å². The summed E-state index contributed by atoms with van der Waals surface area (Å²) in [5.41, 5.74) is 8.84. The van der Waals surface area contributed by atoms with Gasteiger partial charge in [0.05, 0.1) is 16.6 Å². The predicted octanol–water partition coefficient (Wildman–Crippen LogP) is 1.39. The molecule has 8 heteroatoms. The van der Waals surface area contributed by atoms with Gasteiger partial charge in [0.15, 0.2) is 11.6 Å². The Morgan fingerprint density at radius 2 is 2.04 bits per heavy atom. The van der Waals surface area contributed by atoms with Crippen molar-refractivity contribution in [3.63, 3.8) is 0 Å². The third-order valence-corrected chi connectivity index (χ3v) is 4.25. The summed E-state index contributed by atoms with van der Waals surface area (Å²) in [7, 11) is 0. The van der Waals surface area contributed by atoms with Crippen LogP contribution in [0.3, 0.4) is 0 Å². The van der Waals surface area contributed by atoms with E-state index in [1.165, 1.54) is 4.57 Å². The molecular formula is C15H15F2N3O3. The molecule has 1 aliphatic rings. The van der Waals surface area contributed by atoms with Crippen molar-refractivity contribution in [3.8, 4) is 0 Å². The zero-order valence-corrected chi connectivity index (χ0v) is 12.3. The van der Waals surface area contributed by atoms with E-state index < -0.39 is 45.6 Å². The number of fused-ring (bicyclic) bond motifs is 1. The van der Waals surface area contributed by atoms with E-state index in [1.54, 1.807) is 6.92 Å². The second kappa shape index (κ2) is 5.02. The minimum Gasteiger partial charge on any atom is -0.477 e. The number of pyridine rings is 1. The number of carboxylic acid groups (broad SMARTS) is 1. The van der Waals surface area contributed by atoms with Crippen LogP contribution in [-0.2, 0) is 6.54 Å². The summed E-state index contributed by atoms with van der Waals surface area (Å²) in [6.45, 7) is 1.84. The monoisotopic (exact) mass is 323 g/mol.